The van der Waals surface area contributed by atoms with E-state index in [-0.39, 0.29) is 17.0 Å². The zero-order chi connectivity index (χ0) is 9.42. The Morgan fingerprint density at radius 1 is 1.62 bits per heavy atom. The third-order valence-corrected chi connectivity index (χ3v) is 1.56. The maximum atomic E-state index is 10.6. The number of nitrogens with two attached hydrogens (primary N) is 1. The highest BCUT2D eigenvalue weighted by Gasteiger charge is 2.19. The molecule has 0 spiro atoms. The van der Waals surface area contributed by atoms with Crippen LogP contribution < -0.4 is 5.73 Å². The third-order valence-electron chi connectivity index (χ3n) is 1.56. The Labute approximate surface area is 71.1 Å². The molecule has 0 fully saturated rings. The van der Waals surface area contributed by atoms with E-state index in [1.54, 1.807) is 0 Å². The lowest BCUT2D eigenvalue weighted by Gasteiger charge is -1.95. The van der Waals surface area contributed by atoms with Crippen molar-refractivity contribution in [3.05, 3.63) is 22.4 Å². The van der Waals surface area contributed by atoms with Gasteiger partial charge in [0.25, 0.3) is 5.65 Å². The number of tetrazole rings is 1. The summed E-state index contributed by atoms with van der Waals surface area (Å²) in [5, 5.41) is 20.8. The van der Waals surface area contributed by atoms with Crippen LogP contribution in [0.25, 0.3) is 5.65 Å². The minimum absolute atomic E-state index is 0.0463. The van der Waals surface area contributed by atoms with E-state index >= 15 is 0 Å². The Balaban J connectivity index is 2.88. The predicted molar refractivity (Wildman–Crippen MR) is 41.8 cm³/mol. The van der Waals surface area contributed by atoms with E-state index in [0.29, 0.717) is 0 Å². The van der Waals surface area contributed by atoms with Crippen molar-refractivity contribution in [3.63, 3.8) is 0 Å². The fraction of sp³-hybridized carbons (Fsp3) is 0. The molecule has 13 heavy (non-hydrogen) atoms. The van der Waals surface area contributed by atoms with Crippen molar-refractivity contribution in [2.45, 2.75) is 0 Å². The van der Waals surface area contributed by atoms with Crippen LogP contribution in [0.15, 0.2) is 12.3 Å². The highest BCUT2D eigenvalue weighted by Crippen LogP contribution is 2.23. The van der Waals surface area contributed by atoms with Crippen molar-refractivity contribution >= 4 is 17.0 Å². The second-order valence-corrected chi connectivity index (χ2v) is 2.32. The van der Waals surface area contributed by atoms with Crippen molar-refractivity contribution < 1.29 is 4.92 Å². The first-order valence-corrected chi connectivity index (χ1v) is 3.30. The van der Waals surface area contributed by atoms with Crippen molar-refractivity contribution in [1.29, 1.82) is 0 Å². The zero-order valence-electron chi connectivity index (χ0n) is 6.28. The highest BCUT2D eigenvalue weighted by atomic mass is 16.6. The van der Waals surface area contributed by atoms with Gasteiger partial charge in [-0.3, -0.25) is 10.1 Å². The van der Waals surface area contributed by atoms with Crippen LogP contribution in [0.3, 0.4) is 0 Å². The predicted octanol–water partition coefficient (Wildman–Crippen LogP) is -0.385. The van der Waals surface area contributed by atoms with Gasteiger partial charge in [-0.15, -0.1) is 5.10 Å². The van der Waals surface area contributed by atoms with Crippen LogP contribution in [0.2, 0.25) is 0 Å². The van der Waals surface area contributed by atoms with Gasteiger partial charge >= 0.3 is 5.69 Å². The van der Waals surface area contributed by atoms with Crippen LogP contribution >= 0.6 is 0 Å². The average molecular weight is 180 g/mol. The van der Waals surface area contributed by atoms with Gasteiger partial charge in [-0.1, -0.05) is 0 Å². The van der Waals surface area contributed by atoms with Gasteiger partial charge < -0.3 is 5.73 Å². The van der Waals surface area contributed by atoms with Gasteiger partial charge in [-0.25, -0.2) is 0 Å². The summed E-state index contributed by atoms with van der Waals surface area (Å²) in [5.74, 6) is 0. The maximum Gasteiger partial charge on any atom is 0.338 e. The van der Waals surface area contributed by atoms with Gasteiger partial charge in [0.2, 0.25) is 0 Å². The summed E-state index contributed by atoms with van der Waals surface area (Å²) in [6.07, 6.45) is 1.46. The number of fused-ring (bicyclic) bond motifs is 1. The molecule has 0 aromatic carbocycles. The fourth-order valence-corrected chi connectivity index (χ4v) is 0.996. The first kappa shape index (κ1) is 7.40. The lowest BCUT2D eigenvalue weighted by Crippen LogP contribution is -1.99. The number of nitrogens with zero attached hydrogens (tertiary/aromatic N) is 5. The molecule has 0 saturated carbocycles. The normalized spacial score (nSPS) is 10.5. The van der Waals surface area contributed by atoms with Crippen LogP contribution in [0.1, 0.15) is 0 Å². The molecule has 0 aliphatic heterocycles. The van der Waals surface area contributed by atoms with E-state index in [2.05, 4.69) is 15.5 Å². The molecule has 0 atom stereocenters. The van der Waals surface area contributed by atoms with Crippen LogP contribution in [0.5, 0.6) is 0 Å². The number of hydrogen-bond acceptors (Lipinski definition) is 6. The molecular formula is C5H4N6O2. The standard InChI is InChI=1S/C5H4N6O2/c6-3-1-2-10-5(7-8-9-10)4(3)11(12)13/h1-2H,6H2. The summed E-state index contributed by atoms with van der Waals surface area (Å²) in [5.41, 5.74) is 5.22. The molecule has 2 N–H and O–H groups in total. The molecule has 2 aromatic rings. The summed E-state index contributed by atoms with van der Waals surface area (Å²) in [7, 11) is 0. The number of aromatic nitrogens is 4. The molecule has 0 saturated heterocycles. The molecule has 0 bridgehead atoms. The minimum atomic E-state index is -0.610. The number of hydrogen-bond donors (Lipinski definition) is 1. The second-order valence-electron chi connectivity index (χ2n) is 2.32. The Kier molecular flexibility index (Phi) is 1.35. The number of nitrogen functional groups attached to an aromatic ring is 1. The minimum Gasteiger partial charge on any atom is -0.393 e. The molecule has 0 aliphatic rings. The number of anilines is 1. The Morgan fingerprint density at radius 2 is 2.38 bits per heavy atom. The van der Waals surface area contributed by atoms with Crippen molar-refractivity contribution in [2.75, 3.05) is 5.73 Å². The summed E-state index contributed by atoms with van der Waals surface area (Å²) >= 11 is 0. The third kappa shape index (κ3) is 0.956. The monoisotopic (exact) mass is 180 g/mol. The number of pyridine rings is 1. The van der Waals surface area contributed by atoms with E-state index in [0.717, 1.165) is 0 Å². The van der Waals surface area contributed by atoms with E-state index < -0.39 is 4.92 Å². The molecule has 8 heteroatoms. The molecule has 8 nitrogen and oxygen atoms in total. The number of rotatable bonds is 1. The van der Waals surface area contributed by atoms with E-state index in [4.69, 9.17) is 5.73 Å². The summed E-state index contributed by atoms with van der Waals surface area (Å²) in [6.45, 7) is 0. The van der Waals surface area contributed by atoms with Gasteiger partial charge in [0, 0.05) is 6.20 Å². The van der Waals surface area contributed by atoms with Crippen molar-refractivity contribution in [2.24, 2.45) is 0 Å². The highest BCUT2D eigenvalue weighted by molar-refractivity contribution is 5.72. The quantitative estimate of drug-likeness (QED) is 0.472. The first-order valence-electron chi connectivity index (χ1n) is 3.30. The van der Waals surface area contributed by atoms with Gasteiger partial charge in [0.1, 0.15) is 5.69 Å². The molecule has 66 valence electrons. The van der Waals surface area contributed by atoms with Gasteiger partial charge in [0.05, 0.1) is 4.92 Å². The lowest BCUT2D eigenvalue weighted by atomic mass is 10.3. The molecule has 0 amide bonds. The summed E-state index contributed by atoms with van der Waals surface area (Å²) < 4.78 is 1.19. The Morgan fingerprint density at radius 3 is 3.08 bits per heavy atom. The molecule has 0 radical (unpaired) electrons. The SMILES string of the molecule is Nc1ccn2nnnc2c1[N+](=O)[O-]. The van der Waals surface area contributed by atoms with Gasteiger partial charge in [-0.2, -0.15) is 4.52 Å². The summed E-state index contributed by atoms with van der Waals surface area (Å²) in [4.78, 5) is 9.94. The molecule has 2 aromatic heterocycles. The van der Waals surface area contributed by atoms with Gasteiger partial charge in [0.15, 0.2) is 0 Å². The average Bonchev–Trinajstić information content (AvgIpc) is 2.50. The molecular weight excluding hydrogens is 176 g/mol. The van der Waals surface area contributed by atoms with Crippen molar-refractivity contribution in [3.8, 4) is 0 Å². The van der Waals surface area contributed by atoms with Crippen molar-refractivity contribution in [1.82, 2.24) is 20.0 Å². The van der Waals surface area contributed by atoms with Gasteiger partial charge in [-0.05, 0) is 16.5 Å². The lowest BCUT2D eigenvalue weighted by molar-refractivity contribution is -0.382. The smallest absolute Gasteiger partial charge is 0.338 e. The van der Waals surface area contributed by atoms with Crippen LogP contribution in [0, 0.1) is 10.1 Å². The zero-order valence-corrected chi connectivity index (χ0v) is 6.28. The van der Waals surface area contributed by atoms with Crippen LogP contribution in [-0.4, -0.2) is 25.0 Å². The van der Waals surface area contributed by atoms with E-state index in [1.807, 2.05) is 0 Å². The van der Waals surface area contributed by atoms with E-state index in [1.165, 1.54) is 16.8 Å². The molecule has 0 aliphatic carbocycles. The molecule has 2 rings (SSSR count). The topological polar surface area (TPSA) is 112 Å². The molecule has 2 heterocycles. The Hall–Kier alpha value is -2.25. The van der Waals surface area contributed by atoms with E-state index in [9.17, 15) is 10.1 Å². The molecule has 0 unspecified atom stereocenters. The fourth-order valence-electron chi connectivity index (χ4n) is 0.996. The number of nitro groups is 1. The second kappa shape index (κ2) is 2.37. The van der Waals surface area contributed by atoms with Crippen LogP contribution in [-0.2, 0) is 0 Å². The summed E-state index contributed by atoms with van der Waals surface area (Å²) in [6, 6.07) is 1.38. The maximum absolute atomic E-state index is 10.6. The van der Waals surface area contributed by atoms with Crippen LogP contribution in [0.4, 0.5) is 11.4 Å². The first-order chi connectivity index (χ1) is 6.20. The largest absolute Gasteiger partial charge is 0.393 e. The Bertz CT molecular complexity index is 477.